The lowest BCUT2D eigenvalue weighted by Crippen LogP contribution is -2.37. The lowest BCUT2D eigenvalue weighted by atomic mass is 10.0. The van der Waals surface area contributed by atoms with Gasteiger partial charge in [-0.05, 0) is 29.7 Å². The largest absolute Gasteiger partial charge is 0.480 e. The molecule has 7 heteroatoms. The minimum absolute atomic E-state index is 0.345. The number of carboxylic acid groups (broad SMARTS) is 1. The predicted octanol–water partition coefficient (Wildman–Crippen LogP) is 3.62. The van der Waals surface area contributed by atoms with Crippen molar-refractivity contribution in [1.82, 2.24) is 4.90 Å². The maximum Gasteiger partial charge on any atom is 0.325 e. The van der Waals surface area contributed by atoms with Crippen LogP contribution in [0.1, 0.15) is 29.0 Å². The molecular formula is C17H16BrNO4S. The number of ether oxygens (including phenoxy) is 1. The monoisotopic (exact) mass is 409 g/mol. The van der Waals surface area contributed by atoms with Gasteiger partial charge >= 0.3 is 11.9 Å². The first-order valence-electron chi connectivity index (χ1n) is 7.47. The van der Waals surface area contributed by atoms with Crippen molar-refractivity contribution in [3.63, 3.8) is 0 Å². The number of hydrogen-bond acceptors (Lipinski definition) is 5. The zero-order valence-corrected chi connectivity index (χ0v) is 15.4. The van der Waals surface area contributed by atoms with E-state index in [1.807, 2.05) is 35.2 Å². The fourth-order valence-electron chi connectivity index (χ4n) is 2.92. The molecule has 1 atom stereocenters. The maximum atomic E-state index is 11.9. The third-order valence-corrected chi connectivity index (χ3v) is 5.75. The summed E-state index contributed by atoms with van der Waals surface area (Å²) in [5, 5.41) is 10.3. The van der Waals surface area contributed by atoms with Gasteiger partial charge in [-0.15, -0.1) is 11.3 Å². The topological polar surface area (TPSA) is 66.8 Å². The Bertz CT molecular complexity index is 789. The van der Waals surface area contributed by atoms with Crippen LogP contribution >= 0.6 is 27.3 Å². The van der Waals surface area contributed by atoms with Crippen LogP contribution in [0.2, 0.25) is 0 Å². The fraction of sp³-hybridized carbons (Fsp3) is 0.294. The number of fused-ring (bicyclic) bond motifs is 1. The van der Waals surface area contributed by atoms with Crippen LogP contribution < -0.4 is 4.74 Å². The standard InChI is InChI=1S/C17H16BrNO4S/c1-10(20)23-15-8-11-9-19(7-6-14(11)24-15)16(17(21)22)12-4-2-3-5-13(12)18/h2-5,8,16H,6-7,9H2,1H3,(H,21,22). The Balaban J connectivity index is 1.87. The van der Waals surface area contributed by atoms with Crippen LogP contribution in [-0.2, 0) is 22.6 Å². The Morgan fingerprint density at radius 3 is 2.79 bits per heavy atom. The van der Waals surface area contributed by atoms with Crippen LogP contribution in [0.4, 0.5) is 0 Å². The van der Waals surface area contributed by atoms with Gasteiger partial charge in [-0.1, -0.05) is 34.1 Å². The molecule has 3 rings (SSSR count). The molecule has 1 aliphatic heterocycles. The molecule has 1 N–H and O–H groups in total. The second-order valence-electron chi connectivity index (χ2n) is 5.59. The van der Waals surface area contributed by atoms with E-state index >= 15 is 0 Å². The zero-order chi connectivity index (χ0) is 17.3. The van der Waals surface area contributed by atoms with E-state index in [0.29, 0.717) is 18.2 Å². The number of rotatable bonds is 4. The Hall–Kier alpha value is -1.70. The van der Waals surface area contributed by atoms with Gasteiger partial charge < -0.3 is 9.84 Å². The highest BCUT2D eigenvalue weighted by molar-refractivity contribution is 9.10. The lowest BCUT2D eigenvalue weighted by molar-refractivity contribution is -0.144. The number of hydrogen-bond donors (Lipinski definition) is 1. The molecule has 24 heavy (non-hydrogen) atoms. The normalized spacial score (nSPS) is 15.6. The molecule has 2 heterocycles. The van der Waals surface area contributed by atoms with Gasteiger partial charge in [-0.25, -0.2) is 0 Å². The van der Waals surface area contributed by atoms with E-state index in [1.165, 1.54) is 18.3 Å². The SMILES string of the molecule is CC(=O)Oc1cc2c(s1)CCN(C(C(=O)O)c1ccccc1Br)C2. The summed E-state index contributed by atoms with van der Waals surface area (Å²) in [5.41, 5.74) is 1.77. The van der Waals surface area contributed by atoms with Crippen molar-refractivity contribution in [2.24, 2.45) is 0 Å². The van der Waals surface area contributed by atoms with Crippen LogP contribution in [-0.4, -0.2) is 28.5 Å². The molecule has 0 fully saturated rings. The molecule has 0 spiro atoms. The number of halogens is 1. The summed E-state index contributed by atoms with van der Waals surface area (Å²) in [6.07, 6.45) is 0.746. The highest BCUT2D eigenvalue weighted by Gasteiger charge is 2.32. The Morgan fingerprint density at radius 2 is 2.12 bits per heavy atom. The summed E-state index contributed by atoms with van der Waals surface area (Å²) >= 11 is 4.91. The van der Waals surface area contributed by atoms with Gasteiger partial charge in [0.05, 0.1) is 0 Å². The molecule has 126 valence electrons. The minimum atomic E-state index is -0.874. The van der Waals surface area contributed by atoms with Gasteiger partial charge in [-0.2, -0.15) is 0 Å². The molecule has 1 aromatic carbocycles. The quantitative estimate of drug-likeness (QED) is 0.780. The predicted molar refractivity (Wildman–Crippen MR) is 94.3 cm³/mol. The summed E-state index contributed by atoms with van der Waals surface area (Å²) in [6, 6.07) is 8.51. The van der Waals surface area contributed by atoms with Crippen molar-refractivity contribution in [1.29, 1.82) is 0 Å². The van der Waals surface area contributed by atoms with E-state index < -0.39 is 12.0 Å². The first kappa shape index (κ1) is 17.1. The molecule has 0 amide bonds. The van der Waals surface area contributed by atoms with Crippen molar-refractivity contribution in [3.05, 3.63) is 50.8 Å². The van der Waals surface area contributed by atoms with E-state index in [4.69, 9.17) is 4.74 Å². The number of benzene rings is 1. The summed E-state index contributed by atoms with van der Waals surface area (Å²) in [5.74, 6) is -1.22. The van der Waals surface area contributed by atoms with E-state index in [-0.39, 0.29) is 5.97 Å². The van der Waals surface area contributed by atoms with Crippen molar-refractivity contribution in [3.8, 4) is 5.06 Å². The summed E-state index contributed by atoms with van der Waals surface area (Å²) in [4.78, 5) is 26.1. The van der Waals surface area contributed by atoms with Crippen molar-refractivity contribution < 1.29 is 19.4 Å². The fourth-order valence-corrected chi connectivity index (χ4v) is 4.48. The van der Waals surface area contributed by atoms with Gasteiger partial charge in [0, 0.05) is 29.4 Å². The van der Waals surface area contributed by atoms with Crippen LogP contribution in [0.3, 0.4) is 0 Å². The lowest BCUT2D eigenvalue weighted by Gasteiger charge is -2.32. The highest BCUT2D eigenvalue weighted by Crippen LogP contribution is 2.37. The smallest absolute Gasteiger partial charge is 0.325 e. The summed E-state index contributed by atoms with van der Waals surface area (Å²) < 4.78 is 5.94. The van der Waals surface area contributed by atoms with E-state index in [0.717, 1.165) is 26.9 Å². The third-order valence-electron chi connectivity index (χ3n) is 3.92. The third kappa shape index (κ3) is 3.53. The average molecular weight is 410 g/mol. The van der Waals surface area contributed by atoms with Gasteiger partial charge in [0.2, 0.25) is 0 Å². The number of carbonyl (C=O) groups is 2. The molecule has 0 bridgehead atoms. The summed E-state index contributed by atoms with van der Waals surface area (Å²) in [6.45, 7) is 2.54. The Labute approximate surface area is 152 Å². The molecule has 0 saturated heterocycles. The van der Waals surface area contributed by atoms with Gasteiger partial charge in [0.1, 0.15) is 6.04 Å². The zero-order valence-electron chi connectivity index (χ0n) is 13.0. The molecule has 0 radical (unpaired) electrons. The van der Waals surface area contributed by atoms with E-state index in [1.54, 1.807) is 0 Å². The van der Waals surface area contributed by atoms with Crippen molar-refractivity contribution in [2.45, 2.75) is 25.9 Å². The second-order valence-corrected chi connectivity index (χ2v) is 7.54. The average Bonchev–Trinajstić information content (AvgIpc) is 2.89. The van der Waals surface area contributed by atoms with Gasteiger partial charge in [-0.3, -0.25) is 14.5 Å². The maximum absolute atomic E-state index is 11.9. The van der Waals surface area contributed by atoms with Gasteiger partial charge in [0.15, 0.2) is 5.06 Å². The van der Waals surface area contributed by atoms with Crippen LogP contribution in [0.5, 0.6) is 5.06 Å². The van der Waals surface area contributed by atoms with Crippen LogP contribution in [0.25, 0.3) is 0 Å². The molecule has 1 aliphatic rings. The van der Waals surface area contributed by atoms with Crippen LogP contribution in [0.15, 0.2) is 34.8 Å². The Morgan fingerprint density at radius 1 is 1.38 bits per heavy atom. The summed E-state index contributed by atoms with van der Waals surface area (Å²) in [7, 11) is 0. The molecule has 1 unspecified atom stereocenters. The number of carboxylic acids is 1. The number of carbonyl (C=O) groups excluding carboxylic acids is 1. The number of esters is 1. The molecule has 2 aromatic rings. The Kier molecular flexibility index (Phi) is 5.03. The van der Waals surface area contributed by atoms with Crippen molar-refractivity contribution in [2.75, 3.05) is 6.54 Å². The van der Waals surface area contributed by atoms with Crippen molar-refractivity contribution >= 4 is 39.2 Å². The second kappa shape index (κ2) is 7.04. The molecule has 0 aliphatic carbocycles. The molecule has 0 saturated carbocycles. The highest BCUT2D eigenvalue weighted by atomic mass is 79.9. The molecule has 5 nitrogen and oxygen atoms in total. The number of nitrogens with zero attached hydrogens (tertiary/aromatic N) is 1. The van der Waals surface area contributed by atoms with E-state index in [9.17, 15) is 14.7 Å². The number of thiophene rings is 1. The minimum Gasteiger partial charge on any atom is -0.480 e. The molecule has 1 aromatic heterocycles. The molecular weight excluding hydrogens is 394 g/mol. The first-order valence-corrected chi connectivity index (χ1v) is 9.08. The number of aliphatic carboxylic acids is 1. The first-order chi connectivity index (χ1) is 11.5. The van der Waals surface area contributed by atoms with E-state index in [2.05, 4.69) is 15.9 Å². The van der Waals surface area contributed by atoms with Crippen LogP contribution in [0, 0.1) is 0 Å². The van der Waals surface area contributed by atoms with Gasteiger partial charge in [0.25, 0.3) is 0 Å².